The first kappa shape index (κ1) is 20.0. The van der Waals surface area contributed by atoms with Gasteiger partial charge in [-0.1, -0.05) is 67.1 Å². The summed E-state index contributed by atoms with van der Waals surface area (Å²) in [6, 6.07) is 20.3. The average Bonchev–Trinajstić information content (AvgIpc) is 2.67. The lowest BCUT2D eigenvalue weighted by Crippen LogP contribution is -2.35. The average molecular weight is 350 g/mol. The second kappa shape index (κ2) is 10.6. The predicted octanol–water partition coefficient (Wildman–Crippen LogP) is 6.38. The van der Waals surface area contributed by atoms with Crippen LogP contribution in [0.15, 0.2) is 72.3 Å². The molecule has 0 aromatic heterocycles. The van der Waals surface area contributed by atoms with Crippen LogP contribution >= 0.6 is 0 Å². The maximum Gasteiger partial charge on any atom is 0.230 e. The Labute approximate surface area is 158 Å². The van der Waals surface area contributed by atoms with Crippen LogP contribution in [0.25, 0.3) is 0 Å². The van der Waals surface area contributed by atoms with E-state index in [0.29, 0.717) is 6.54 Å². The molecular weight excluding hydrogens is 318 g/mol. The van der Waals surface area contributed by atoms with Crippen LogP contribution in [0.5, 0.6) is 0 Å². The smallest absolute Gasteiger partial charge is 0.230 e. The summed E-state index contributed by atoms with van der Waals surface area (Å²) in [6.45, 7) is 6.99. The Bertz CT molecular complexity index is 687. The molecule has 0 unspecified atom stereocenters. The topological polar surface area (TPSA) is 20.3 Å². The highest BCUT2D eigenvalue weighted by Gasteiger charge is 2.24. The molecule has 0 heterocycles. The third-order valence-electron chi connectivity index (χ3n) is 4.67. The zero-order chi connectivity index (χ0) is 18.8. The Hall–Kier alpha value is -2.35. The van der Waals surface area contributed by atoms with E-state index in [4.69, 9.17) is 0 Å². The van der Waals surface area contributed by atoms with Crippen molar-refractivity contribution in [3.63, 3.8) is 0 Å². The van der Waals surface area contributed by atoms with E-state index < -0.39 is 0 Å². The number of anilines is 1. The van der Waals surface area contributed by atoms with E-state index in [1.807, 2.05) is 53.4 Å². The van der Waals surface area contributed by atoms with Gasteiger partial charge in [0.1, 0.15) is 0 Å². The minimum Gasteiger partial charge on any atom is -0.308 e. The quantitative estimate of drug-likeness (QED) is 0.380. The highest BCUT2D eigenvalue weighted by Crippen LogP contribution is 2.23. The molecular formula is C24H31NO. The van der Waals surface area contributed by atoms with Crippen molar-refractivity contribution in [2.24, 2.45) is 5.92 Å². The van der Waals surface area contributed by atoms with Crippen molar-refractivity contribution in [1.82, 2.24) is 0 Å². The standard InChI is InChI=1S/C24H31NO/c1-4-22(16-12-11-13-20(2)3)24(26)25(23-17-9-6-10-18-23)19-21-14-7-5-8-15-21/h5-10,13-15,17-18,22H,4,11-12,16,19H2,1-3H3/t22-/m0/s1. The Morgan fingerprint density at radius 1 is 1.00 bits per heavy atom. The molecule has 2 aromatic rings. The van der Waals surface area contributed by atoms with Gasteiger partial charge in [0, 0.05) is 11.6 Å². The van der Waals surface area contributed by atoms with E-state index >= 15 is 0 Å². The maximum atomic E-state index is 13.3. The van der Waals surface area contributed by atoms with Crippen LogP contribution in [0.4, 0.5) is 5.69 Å². The molecule has 0 saturated carbocycles. The Morgan fingerprint density at radius 2 is 1.62 bits per heavy atom. The summed E-state index contributed by atoms with van der Waals surface area (Å²) in [5.41, 5.74) is 3.48. The molecule has 2 heteroatoms. The van der Waals surface area contributed by atoms with Crippen molar-refractivity contribution in [1.29, 1.82) is 0 Å². The number of hydrogen-bond donors (Lipinski definition) is 0. The molecule has 0 aliphatic carbocycles. The van der Waals surface area contributed by atoms with Gasteiger partial charge in [-0.3, -0.25) is 4.79 Å². The molecule has 2 aromatic carbocycles. The van der Waals surface area contributed by atoms with Gasteiger partial charge in [0.05, 0.1) is 6.54 Å². The van der Waals surface area contributed by atoms with E-state index in [2.05, 4.69) is 39.0 Å². The summed E-state index contributed by atoms with van der Waals surface area (Å²) in [6.07, 6.45) is 6.19. The summed E-state index contributed by atoms with van der Waals surface area (Å²) in [7, 11) is 0. The molecule has 0 radical (unpaired) electrons. The lowest BCUT2D eigenvalue weighted by molar-refractivity contribution is -0.122. The highest BCUT2D eigenvalue weighted by atomic mass is 16.2. The second-order valence-electron chi connectivity index (χ2n) is 7.06. The van der Waals surface area contributed by atoms with E-state index in [1.54, 1.807) is 0 Å². The van der Waals surface area contributed by atoms with Crippen molar-refractivity contribution >= 4 is 11.6 Å². The zero-order valence-corrected chi connectivity index (χ0v) is 16.3. The van der Waals surface area contributed by atoms with Crippen molar-refractivity contribution in [3.05, 3.63) is 77.9 Å². The molecule has 26 heavy (non-hydrogen) atoms. The summed E-state index contributed by atoms with van der Waals surface area (Å²) in [5.74, 6) is 0.309. The first-order chi connectivity index (χ1) is 12.6. The Morgan fingerprint density at radius 3 is 2.19 bits per heavy atom. The lowest BCUT2D eigenvalue weighted by atomic mass is 9.96. The van der Waals surface area contributed by atoms with Crippen LogP contribution in [0.2, 0.25) is 0 Å². The van der Waals surface area contributed by atoms with Crippen molar-refractivity contribution in [3.8, 4) is 0 Å². The van der Waals surface area contributed by atoms with Crippen LogP contribution < -0.4 is 4.90 Å². The second-order valence-corrected chi connectivity index (χ2v) is 7.06. The number of hydrogen-bond acceptors (Lipinski definition) is 1. The number of carbonyl (C=O) groups excluding carboxylic acids is 1. The molecule has 2 nitrogen and oxygen atoms in total. The fraction of sp³-hybridized carbons (Fsp3) is 0.375. The van der Waals surface area contributed by atoms with Crippen LogP contribution in [-0.4, -0.2) is 5.91 Å². The highest BCUT2D eigenvalue weighted by molar-refractivity contribution is 5.94. The molecule has 0 spiro atoms. The van der Waals surface area contributed by atoms with Crippen molar-refractivity contribution in [2.45, 2.75) is 53.0 Å². The third-order valence-corrected chi connectivity index (χ3v) is 4.67. The van der Waals surface area contributed by atoms with Gasteiger partial charge in [-0.2, -0.15) is 0 Å². The molecule has 0 bridgehead atoms. The van der Waals surface area contributed by atoms with Gasteiger partial charge in [-0.05, 0) is 57.2 Å². The van der Waals surface area contributed by atoms with Crippen molar-refractivity contribution in [2.75, 3.05) is 4.90 Å². The Kier molecular flexibility index (Phi) is 8.14. The monoisotopic (exact) mass is 349 g/mol. The normalized spacial score (nSPS) is 11.7. The molecule has 1 atom stereocenters. The van der Waals surface area contributed by atoms with Crippen LogP contribution in [0.3, 0.4) is 0 Å². The van der Waals surface area contributed by atoms with E-state index in [-0.39, 0.29) is 11.8 Å². The molecule has 138 valence electrons. The number of carbonyl (C=O) groups is 1. The molecule has 0 fully saturated rings. The largest absolute Gasteiger partial charge is 0.308 e. The number of amides is 1. The zero-order valence-electron chi connectivity index (χ0n) is 16.3. The molecule has 0 saturated heterocycles. The first-order valence-corrected chi connectivity index (χ1v) is 9.65. The van der Waals surface area contributed by atoms with E-state index in [9.17, 15) is 4.79 Å². The van der Waals surface area contributed by atoms with Crippen LogP contribution in [-0.2, 0) is 11.3 Å². The predicted molar refractivity (Wildman–Crippen MR) is 111 cm³/mol. The maximum absolute atomic E-state index is 13.3. The van der Waals surface area contributed by atoms with Gasteiger partial charge in [0.25, 0.3) is 0 Å². The van der Waals surface area contributed by atoms with Gasteiger partial charge in [0.15, 0.2) is 0 Å². The van der Waals surface area contributed by atoms with Gasteiger partial charge in [-0.25, -0.2) is 0 Å². The van der Waals surface area contributed by atoms with Crippen LogP contribution in [0, 0.1) is 5.92 Å². The number of unbranched alkanes of at least 4 members (excludes halogenated alkanes) is 1. The van der Waals surface area contributed by atoms with Gasteiger partial charge in [-0.15, -0.1) is 0 Å². The number of benzene rings is 2. The number of allylic oxidation sites excluding steroid dienone is 2. The minimum atomic E-state index is 0.0736. The Balaban J connectivity index is 2.14. The number of nitrogens with zero attached hydrogens (tertiary/aromatic N) is 1. The number of para-hydroxylation sites is 1. The summed E-state index contributed by atoms with van der Waals surface area (Å²) >= 11 is 0. The van der Waals surface area contributed by atoms with Crippen LogP contribution in [0.1, 0.15) is 52.0 Å². The van der Waals surface area contributed by atoms with Crippen molar-refractivity contribution < 1.29 is 4.79 Å². The van der Waals surface area contributed by atoms with Gasteiger partial charge in [0.2, 0.25) is 5.91 Å². The summed E-state index contributed by atoms with van der Waals surface area (Å²) in [4.78, 5) is 15.3. The summed E-state index contributed by atoms with van der Waals surface area (Å²) in [5, 5.41) is 0. The van der Waals surface area contributed by atoms with E-state index in [1.165, 1.54) is 5.57 Å². The third kappa shape index (κ3) is 6.18. The number of rotatable bonds is 9. The van der Waals surface area contributed by atoms with Gasteiger partial charge < -0.3 is 4.90 Å². The fourth-order valence-corrected chi connectivity index (χ4v) is 3.15. The molecule has 1 amide bonds. The molecule has 2 rings (SSSR count). The summed E-state index contributed by atoms with van der Waals surface area (Å²) < 4.78 is 0. The molecule has 0 aliphatic rings. The minimum absolute atomic E-state index is 0.0736. The SMILES string of the molecule is CC[C@@H](CCCC=C(C)C)C(=O)N(Cc1ccccc1)c1ccccc1. The van der Waals surface area contributed by atoms with E-state index in [0.717, 1.165) is 36.9 Å². The molecule has 0 aliphatic heterocycles. The van der Waals surface area contributed by atoms with Gasteiger partial charge >= 0.3 is 0 Å². The lowest BCUT2D eigenvalue weighted by Gasteiger charge is -2.27. The first-order valence-electron chi connectivity index (χ1n) is 9.65. The fourth-order valence-electron chi connectivity index (χ4n) is 3.15. The molecule has 0 N–H and O–H groups in total.